The minimum absolute atomic E-state index is 0. The molecule has 0 radical (unpaired) electrons. The summed E-state index contributed by atoms with van der Waals surface area (Å²) in [5.74, 6) is -0.111. The zero-order valence-corrected chi connectivity index (χ0v) is 14.7. The van der Waals surface area contributed by atoms with Crippen LogP contribution in [0.15, 0.2) is 24.3 Å². The molecule has 0 aliphatic carbocycles. The molecule has 1 rings (SSSR count). The first-order chi connectivity index (χ1) is 10.2. The smallest absolute Gasteiger partial charge is 0.343 e. The van der Waals surface area contributed by atoms with Gasteiger partial charge in [0.15, 0.2) is 6.61 Å². The van der Waals surface area contributed by atoms with Crippen LogP contribution in [0.5, 0.6) is 5.75 Å². The Hall–Kier alpha value is -1.79. The van der Waals surface area contributed by atoms with Gasteiger partial charge in [-0.15, -0.1) is 12.4 Å². The summed E-state index contributed by atoms with van der Waals surface area (Å²) in [7, 11) is 1.30. The molecule has 0 bridgehead atoms. The van der Waals surface area contributed by atoms with Gasteiger partial charge < -0.3 is 20.5 Å². The molecule has 6 nitrogen and oxygen atoms in total. The molecule has 0 aliphatic heterocycles. The van der Waals surface area contributed by atoms with Crippen LogP contribution in [0.1, 0.15) is 26.3 Å². The van der Waals surface area contributed by atoms with E-state index < -0.39 is 12.0 Å². The third kappa shape index (κ3) is 7.34. The topological polar surface area (TPSA) is 90.6 Å². The normalized spacial score (nSPS) is 11.9. The molecule has 7 heteroatoms. The third-order valence-electron chi connectivity index (χ3n) is 3.17. The van der Waals surface area contributed by atoms with Crippen LogP contribution in [0.3, 0.4) is 0 Å². The quantitative estimate of drug-likeness (QED) is 0.766. The molecule has 0 aliphatic rings. The molecule has 0 saturated carbocycles. The molecule has 1 amide bonds. The molecular weight excluding hydrogens is 320 g/mol. The third-order valence-corrected chi connectivity index (χ3v) is 3.17. The maximum Gasteiger partial charge on any atom is 0.343 e. The fraction of sp³-hybridized carbons (Fsp3) is 0.500. The van der Waals surface area contributed by atoms with E-state index in [-0.39, 0.29) is 30.3 Å². The number of carbonyl (C=O) groups excluding carboxylic acids is 2. The molecule has 1 aromatic carbocycles. The second kappa shape index (κ2) is 9.37. The number of hydrogen-bond acceptors (Lipinski definition) is 5. The number of rotatable bonds is 6. The van der Waals surface area contributed by atoms with Crippen molar-refractivity contribution in [2.24, 2.45) is 11.1 Å². The Balaban J connectivity index is 0.00000484. The van der Waals surface area contributed by atoms with Crippen molar-refractivity contribution in [1.82, 2.24) is 5.32 Å². The van der Waals surface area contributed by atoms with Crippen LogP contribution in [-0.2, 0) is 20.9 Å². The molecule has 3 N–H and O–H groups in total. The predicted molar refractivity (Wildman–Crippen MR) is 90.5 cm³/mol. The van der Waals surface area contributed by atoms with Crippen molar-refractivity contribution in [2.45, 2.75) is 33.4 Å². The highest BCUT2D eigenvalue weighted by atomic mass is 35.5. The average Bonchev–Trinajstić information content (AvgIpc) is 2.48. The number of nitrogens with two attached hydrogens (primary N) is 1. The first-order valence-electron chi connectivity index (χ1n) is 7.06. The standard InChI is InChI=1S/C16H24N2O4.ClH/c1-16(2,3)14(17)15(20)18-9-11-6-5-7-12(8-11)22-10-13(19)21-4;/h5-8,14H,9-10,17H2,1-4H3,(H,18,20);1H/t14-;/m1./s1. The molecule has 0 unspecified atom stereocenters. The summed E-state index contributed by atoms with van der Waals surface area (Å²) in [5.41, 5.74) is 6.46. The average molecular weight is 345 g/mol. The lowest BCUT2D eigenvalue weighted by atomic mass is 9.87. The van der Waals surface area contributed by atoms with Crippen LogP contribution in [0, 0.1) is 5.41 Å². The van der Waals surface area contributed by atoms with Crippen LogP contribution in [0.2, 0.25) is 0 Å². The van der Waals surface area contributed by atoms with Crippen molar-refractivity contribution in [2.75, 3.05) is 13.7 Å². The van der Waals surface area contributed by atoms with Gasteiger partial charge in [-0.3, -0.25) is 4.79 Å². The Bertz CT molecular complexity index is 529. The van der Waals surface area contributed by atoms with Gasteiger partial charge in [-0.2, -0.15) is 0 Å². The first kappa shape index (κ1) is 21.2. The highest BCUT2D eigenvalue weighted by Crippen LogP contribution is 2.18. The van der Waals surface area contributed by atoms with Crippen molar-refractivity contribution >= 4 is 24.3 Å². The van der Waals surface area contributed by atoms with Crippen molar-refractivity contribution in [1.29, 1.82) is 0 Å². The van der Waals surface area contributed by atoms with E-state index in [2.05, 4.69) is 10.1 Å². The number of esters is 1. The van der Waals surface area contributed by atoms with Gasteiger partial charge in [-0.1, -0.05) is 32.9 Å². The van der Waals surface area contributed by atoms with Crippen LogP contribution < -0.4 is 15.8 Å². The Morgan fingerprint density at radius 2 is 1.96 bits per heavy atom. The number of hydrogen-bond donors (Lipinski definition) is 2. The molecule has 0 aromatic heterocycles. The predicted octanol–water partition coefficient (Wildman–Crippen LogP) is 1.65. The highest BCUT2D eigenvalue weighted by molar-refractivity contribution is 5.85. The van der Waals surface area contributed by atoms with Gasteiger partial charge in [0, 0.05) is 6.54 Å². The molecule has 1 atom stereocenters. The summed E-state index contributed by atoms with van der Waals surface area (Å²) in [5, 5.41) is 2.80. The van der Waals surface area contributed by atoms with Gasteiger partial charge in [-0.25, -0.2) is 4.79 Å². The Morgan fingerprint density at radius 1 is 1.30 bits per heavy atom. The Labute approximate surface area is 143 Å². The summed E-state index contributed by atoms with van der Waals surface area (Å²) in [6.45, 7) is 5.94. The van der Waals surface area contributed by atoms with E-state index >= 15 is 0 Å². The zero-order valence-electron chi connectivity index (χ0n) is 13.9. The lowest BCUT2D eigenvalue weighted by Crippen LogP contribution is -2.48. The number of carbonyl (C=O) groups is 2. The van der Waals surface area contributed by atoms with Gasteiger partial charge in [0.2, 0.25) is 5.91 Å². The Kier molecular flexibility index (Phi) is 8.64. The van der Waals surface area contributed by atoms with Gasteiger partial charge >= 0.3 is 5.97 Å². The molecule has 23 heavy (non-hydrogen) atoms. The minimum Gasteiger partial charge on any atom is -0.482 e. The van der Waals surface area contributed by atoms with Crippen molar-refractivity contribution in [3.8, 4) is 5.75 Å². The van der Waals surface area contributed by atoms with Crippen LogP contribution >= 0.6 is 12.4 Å². The summed E-state index contributed by atoms with van der Waals surface area (Å²) in [4.78, 5) is 23.0. The minimum atomic E-state index is -0.578. The molecule has 0 spiro atoms. The van der Waals surface area contributed by atoms with E-state index in [4.69, 9.17) is 10.5 Å². The summed E-state index contributed by atoms with van der Waals surface area (Å²) in [6, 6.07) is 6.55. The number of methoxy groups -OCH3 is 1. The fourth-order valence-electron chi connectivity index (χ4n) is 1.64. The summed E-state index contributed by atoms with van der Waals surface area (Å²) >= 11 is 0. The molecule has 0 fully saturated rings. The molecule has 0 heterocycles. The number of amides is 1. The van der Waals surface area contributed by atoms with E-state index in [9.17, 15) is 9.59 Å². The summed E-state index contributed by atoms with van der Waals surface area (Å²) < 4.78 is 9.80. The molecule has 130 valence electrons. The lowest BCUT2D eigenvalue weighted by molar-refractivity contribution is -0.142. The molecular formula is C16H25ClN2O4. The van der Waals surface area contributed by atoms with Gasteiger partial charge in [0.1, 0.15) is 5.75 Å². The van der Waals surface area contributed by atoms with E-state index in [1.54, 1.807) is 18.2 Å². The second-order valence-corrected chi connectivity index (χ2v) is 6.07. The number of nitrogens with one attached hydrogen (secondary N) is 1. The van der Waals surface area contributed by atoms with Gasteiger partial charge in [0.25, 0.3) is 0 Å². The second-order valence-electron chi connectivity index (χ2n) is 6.07. The number of ether oxygens (including phenoxy) is 2. The number of halogens is 1. The molecule has 0 saturated heterocycles. The Morgan fingerprint density at radius 3 is 2.52 bits per heavy atom. The highest BCUT2D eigenvalue weighted by Gasteiger charge is 2.27. The van der Waals surface area contributed by atoms with E-state index in [1.807, 2.05) is 26.8 Å². The zero-order chi connectivity index (χ0) is 16.8. The van der Waals surface area contributed by atoms with Crippen LogP contribution in [0.4, 0.5) is 0 Å². The maximum absolute atomic E-state index is 12.0. The number of benzene rings is 1. The first-order valence-corrected chi connectivity index (χ1v) is 7.06. The van der Waals surface area contributed by atoms with Crippen molar-refractivity contribution < 1.29 is 19.1 Å². The van der Waals surface area contributed by atoms with E-state index in [1.165, 1.54) is 7.11 Å². The molecule has 1 aromatic rings. The van der Waals surface area contributed by atoms with Crippen LogP contribution in [-0.4, -0.2) is 31.6 Å². The van der Waals surface area contributed by atoms with Gasteiger partial charge in [0.05, 0.1) is 13.2 Å². The van der Waals surface area contributed by atoms with Crippen LogP contribution in [0.25, 0.3) is 0 Å². The van der Waals surface area contributed by atoms with E-state index in [0.717, 1.165) is 5.56 Å². The lowest BCUT2D eigenvalue weighted by Gasteiger charge is -2.25. The fourth-order valence-corrected chi connectivity index (χ4v) is 1.64. The van der Waals surface area contributed by atoms with E-state index in [0.29, 0.717) is 12.3 Å². The van der Waals surface area contributed by atoms with Gasteiger partial charge in [-0.05, 0) is 23.1 Å². The largest absolute Gasteiger partial charge is 0.482 e. The van der Waals surface area contributed by atoms with Crippen molar-refractivity contribution in [3.63, 3.8) is 0 Å². The van der Waals surface area contributed by atoms with Crippen molar-refractivity contribution in [3.05, 3.63) is 29.8 Å². The summed E-state index contributed by atoms with van der Waals surface area (Å²) in [6.07, 6.45) is 0. The SMILES string of the molecule is COC(=O)COc1cccc(CNC(=O)[C@@H](N)C(C)(C)C)c1.Cl. The monoisotopic (exact) mass is 344 g/mol. The maximum atomic E-state index is 12.0.